The van der Waals surface area contributed by atoms with Crippen LogP contribution >= 0.6 is 0 Å². The minimum Gasteiger partial charge on any atom is -0.481 e. The van der Waals surface area contributed by atoms with E-state index in [-0.39, 0.29) is 11.3 Å². The second-order valence-corrected chi connectivity index (χ2v) is 5.45. The number of non-ortho nitro benzene ring substituents is 1. The molecule has 0 heterocycles. The number of amides is 1. The Morgan fingerprint density at radius 1 is 1.48 bits per heavy atom. The lowest BCUT2D eigenvalue weighted by Gasteiger charge is -2.27. The second kappa shape index (κ2) is 5.51. The highest BCUT2D eigenvalue weighted by atomic mass is 16.6. The number of aliphatic carboxylic acids is 1. The molecule has 1 aliphatic carbocycles. The lowest BCUT2D eigenvalue weighted by molar-refractivity contribution is -0.384. The van der Waals surface area contributed by atoms with Gasteiger partial charge in [0, 0.05) is 23.7 Å². The number of carbonyl (C=O) groups is 2. The van der Waals surface area contributed by atoms with E-state index in [1.165, 1.54) is 24.3 Å². The Bertz CT molecular complexity index is 601. The number of nitro groups is 1. The highest BCUT2D eigenvalue weighted by Gasteiger charge is 2.45. The zero-order valence-electron chi connectivity index (χ0n) is 11.5. The molecule has 2 atom stereocenters. The number of nitrogens with one attached hydrogen (secondary N) is 1. The number of carboxylic acid groups (broad SMARTS) is 1. The van der Waals surface area contributed by atoms with Gasteiger partial charge < -0.3 is 10.4 Å². The van der Waals surface area contributed by atoms with Crippen LogP contribution < -0.4 is 5.32 Å². The summed E-state index contributed by atoms with van der Waals surface area (Å²) >= 11 is 0. The molecule has 1 amide bonds. The number of carbonyl (C=O) groups excluding carboxylic acids is 1. The summed E-state index contributed by atoms with van der Waals surface area (Å²) < 4.78 is 0. The van der Waals surface area contributed by atoms with Crippen LogP contribution in [0.1, 0.15) is 36.5 Å². The molecule has 0 aromatic heterocycles. The molecule has 2 rings (SSSR count). The van der Waals surface area contributed by atoms with Crippen LogP contribution in [0.3, 0.4) is 0 Å². The van der Waals surface area contributed by atoms with Gasteiger partial charge in [-0.15, -0.1) is 0 Å². The van der Waals surface area contributed by atoms with E-state index < -0.39 is 28.3 Å². The second-order valence-electron chi connectivity index (χ2n) is 5.45. The average Bonchev–Trinajstić information content (AvgIpc) is 2.81. The van der Waals surface area contributed by atoms with E-state index >= 15 is 0 Å². The SMILES string of the molecule is CC1(C(=O)O)CCCC1NC(=O)c1cccc([N+](=O)[O-])c1. The summed E-state index contributed by atoms with van der Waals surface area (Å²) in [4.78, 5) is 33.6. The number of hydrogen-bond donors (Lipinski definition) is 2. The lowest BCUT2D eigenvalue weighted by atomic mass is 9.85. The minimum absolute atomic E-state index is 0.156. The molecule has 1 fully saturated rings. The van der Waals surface area contributed by atoms with Crippen LogP contribution in [0.5, 0.6) is 0 Å². The van der Waals surface area contributed by atoms with Crippen molar-refractivity contribution < 1.29 is 19.6 Å². The predicted octanol–water partition coefficient (Wildman–Crippen LogP) is 1.97. The molecule has 7 heteroatoms. The summed E-state index contributed by atoms with van der Waals surface area (Å²) in [7, 11) is 0. The van der Waals surface area contributed by atoms with E-state index in [2.05, 4.69) is 5.32 Å². The van der Waals surface area contributed by atoms with Gasteiger partial charge in [0.05, 0.1) is 10.3 Å². The van der Waals surface area contributed by atoms with E-state index in [0.29, 0.717) is 12.8 Å². The van der Waals surface area contributed by atoms with Crippen molar-refractivity contribution in [1.82, 2.24) is 5.32 Å². The first-order valence-electron chi connectivity index (χ1n) is 6.63. The molecule has 2 unspecified atom stereocenters. The summed E-state index contributed by atoms with van der Waals surface area (Å²) in [6.45, 7) is 1.61. The van der Waals surface area contributed by atoms with Crippen molar-refractivity contribution in [1.29, 1.82) is 0 Å². The summed E-state index contributed by atoms with van der Waals surface area (Å²) in [5.74, 6) is -1.43. The van der Waals surface area contributed by atoms with Crippen LogP contribution in [-0.4, -0.2) is 27.9 Å². The molecule has 1 aliphatic rings. The third-order valence-electron chi connectivity index (χ3n) is 4.07. The number of nitrogens with zero attached hydrogens (tertiary/aromatic N) is 1. The third kappa shape index (κ3) is 2.86. The van der Waals surface area contributed by atoms with Crippen LogP contribution in [0, 0.1) is 15.5 Å². The van der Waals surface area contributed by atoms with Gasteiger partial charge >= 0.3 is 5.97 Å². The Hall–Kier alpha value is -2.44. The van der Waals surface area contributed by atoms with Gasteiger partial charge in [-0.2, -0.15) is 0 Å². The van der Waals surface area contributed by atoms with E-state index in [0.717, 1.165) is 6.42 Å². The first-order chi connectivity index (χ1) is 9.84. The van der Waals surface area contributed by atoms with Gasteiger partial charge in [-0.25, -0.2) is 0 Å². The normalized spacial score (nSPS) is 24.5. The van der Waals surface area contributed by atoms with Crippen LogP contribution in [-0.2, 0) is 4.79 Å². The molecule has 1 aromatic rings. The van der Waals surface area contributed by atoms with Gasteiger partial charge in [0.25, 0.3) is 11.6 Å². The maximum Gasteiger partial charge on any atom is 0.311 e. The van der Waals surface area contributed by atoms with Crippen LogP contribution in [0.4, 0.5) is 5.69 Å². The van der Waals surface area contributed by atoms with Gasteiger partial charge in [-0.1, -0.05) is 12.5 Å². The molecule has 112 valence electrons. The maximum absolute atomic E-state index is 12.2. The van der Waals surface area contributed by atoms with E-state index in [1.54, 1.807) is 6.92 Å². The molecule has 0 spiro atoms. The van der Waals surface area contributed by atoms with Gasteiger partial charge in [0.1, 0.15) is 0 Å². The smallest absolute Gasteiger partial charge is 0.311 e. The van der Waals surface area contributed by atoms with Crippen LogP contribution in [0.25, 0.3) is 0 Å². The number of carboxylic acids is 1. The first-order valence-corrected chi connectivity index (χ1v) is 6.63. The topological polar surface area (TPSA) is 110 Å². The molecule has 21 heavy (non-hydrogen) atoms. The van der Waals surface area contributed by atoms with Crippen molar-refractivity contribution in [2.75, 3.05) is 0 Å². The average molecular weight is 292 g/mol. The molecule has 0 saturated heterocycles. The quantitative estimate of drug-likeness (QED) is 0.651. The first kappa shape index (κ1) is 15.0. The molecular formula is C14H16N2O5. The molecule has 2 N–H and O–H groups in total. The molecule has 0 aliphatic heterocycles. The van der Waals surface area contributed by atoms with Crippen molar-refractivity contribution in [3.8, 4) is 0 Å². The molecule has 0 radical (unpaired) electrons. The van der Waals surface area contributed by atoms with Crippen molar-refractivity contribution in [3.05, 3.63) is 39.9 Å². The number of nitro benzene ring substituents is 1. The summed E-state index contributed by atoms with van der Waals surface area (Å²) in [5, 5.41) is 22.7. The summed E-state index contributed by atoms with van der Waals surface area (Å²) in [6, 6.07) is 4.91. The Balaban J connectivity index is 2.16. The molecule has 7 nitrogen and oxygen atoms in total. The Morgan fingerprint density at radius 2 is 2.19 bits per heavy atom. The van der Waals surface area contributed by atoms with Gasteiger partial charge in [0.2, 0.25) is 0 Å². The van der Waals surface area contributed by atoms with Crippen LogP contribution in [0.2, 0.25) is 0 Å². The standard InChI is InChI=1S/C14H16N2O5/c1-14(13(18)19)7-3-6-11(14)15-12(17)9-4-2-5-10(8-9)16(20)21/h2,4-5,8,11H,3,6-7H2,1H3,(H,15,17)(H,18,19). The molecule has 1 aromatic carbocycles. The lowest BCUT2D eigenvalue weighted by Crippen LogP contribution is -2.47. The minimum atomic E-state index is -0.990. The number of rotatable bonds is 4. The third-order valence-corrected chi connectivity index (χ3v) is 4.07. The fraction of sp³-hybridized carbons (Fsp3) is 0.429. The summed E-state index contributed by atoms with van der Waals surface area (Å²) in [6.07, 6.45) is 1.81. The predicted molar refractivity (Wildman–Crippen MR) is 73.9 cm³/mol. The summed E-state index contributed by atoms with van der Waals surface area (Å²) in [5.41, 5.74) is -1.00. The van der Waals surface area contributed by atoms with Crippen molar-refractivity contribution in [2.45, 2.75) is 32.2 Å². The van der Waals surface area contributed by atoms with Gasteiger partial charge in [-0.05, 0) is 25.8 Å². The maximum atomic E-state index is 12.2. The Labute approximate surface area is 121 Å². The monoisotopic (exact) mass is 292 g/mol. The van der Waals surface area contributed by atoms with Crippen LogP contribution in [0.15, 0.2) is 24.3 Å². The molecule has 1 saturated carbocycles. The van der Waals surface area contributed by atoms with Crippen molar-refractivity contribution in [3.63, 3.8) is 0 Å². The highest BCUT2D eigenvalue weighted by Crippen LogP contribution is 2.38. The van der Waals surface area contributed by atoms with Crippen molar-refractivity contribution in [2.24, 2.45) is 5.41 Å². The van der Waals surface area contributed by atoms with E-state index in [9.17, 15) is 24.8 Å². The molecular weight excluding hydrogens is 276 g/mol. The zero-order chi connectivity index (χ0) is 15.6. The molecule has 0 bridgehead atoms. The van der Waals surface area contributed by atoms with E-state index in [1.807, 2.05) is 0 Å². The van der Waals surface area contributed by atoms with Crippen molar-refractivity contribution >= 4 is 17.6 Å². The fourth-order valence-electron chi connectivity index (χ4n) is 2.66. The zero-order valence-corrected chi connectivity index (χ0v) is 11.5. The van der Waals surface area contributed by atoms with Gasteiger partial charge in [-0.3, -0.25) is 19.7 Å². The Morgan fingerprint density at radius 3 is 2.81 bits per heavy atom. The largest absolute Gasteiger partial charge is 0.481 e. The Kier molecular flexibility index (Phi) is 3.93. The fourth-order valence-corrected chi connectivity index (χ4v) is 2.66. The number of hydrogen-bond acceptors (Lipinski definition) is 4. The van der Waals surface area contributed by atoms with Gasteiger partial charge in [0.15, 0.2) is 0 Å². The highest BCUT2D eigenvalue weighted by molar-refractivity contribution is 5.95. The van der Waals surface area contributed by atoms with E-state index in [4.69, 9.17) is 0 Å². The number of benzene rings is 1.